The van der Waals surface area contributed by atoms with Gasteiger partial charge in [0.1, 0.15) is 0 Å². The van der Waals surface area contributed by atoms with Crippen LogP contribution in [0, 0.1) is 0 Å². The molecule has 21 heavy (non-hydrogen) atoms. The van der Waals surface area contributed by atoms with Crippen molar-refractivity contribution >= 4 is 37.3 Å². The molecule has 2 rings (SSSR count). The van der Waals surface area contributed by atoms with Gasteiger partial charge in [-0.15, -0.1) is 11.3 Å². The largest absolute Gasteiger partial charge is 0.308 e. The van der Waals surface area contributed by atoms with E-state index in [1.165, 1.54) is 9.18 Å². The zero-order chi connectivity index (χ0) is 15.5. The summed E-state index contributed by atoms with van der Waals surface area (Å²) in [5.41, 5.74) is 0.779. The zero-order valence-electron chi connectivity index (χ0n) is 11.8. The molecule has 0 fully saturated rings. The topological polar surface area (TPSA) is 49.4 Å². The van der Waals surface area contributed by atoms with E-state index in [2.05, 4.69) is 21.2 Å². The molecule has 4 nitrogen and oxygen atoms in total. The lowest BCUT2D eigenvalue weighted by molar-refractivity contribution is 0.518. The van der Waals surface area contributed by atoms with Crippen LogP contribution in [-0.4, -0.2) is 26.8 Å². The summed E-state index contributed by atoms with van der Waals surface area (Å²) in [5, 5.41) is 3.29. The van der Waals surface area contributed by atoms with E-state index in [9.17, 15) is 8.42 Å². The number of hydrogen-bond acceptors (Lipinski definition) is 4. The third-order valence-electron chi connectivity index (χ3n) is 2.97. The first kappa shape index (κ1) is 16.6. The third kappa shape index (κ3) is 4.14. The van der Waals surface area contributed by atoms with Crippen LogP contribution in [0.2, 0.25) is 0 Å². The summed E-state index contributed by atoms with van der Waals surface area (Å²) in [6.07, 6.45) is 0. The Labute approximate surface area is 138 Å². The monoisotopic (exact) mass is 388 g/mol. The second kappa shape index (κ2) is 7.02. The maximum absolute atomic E-state index is 12.3. The van der Waals surface area contributed by atoms with Crippen molar-refractivity contribution in [3.05, 3.63) is 50.6 Å². The minimum atomic E-state index is -3.41. The number of halogens is 1. The highest BCUT2D eigenvalue weighted by Crippen LogP contribution is 2.22. The van der Waals surface area contributed by atoms with Gasteiger partial charge >= 0.3 is 0 Å². The van der Waals surface area contributed by atoms with E-state index < -0.39 is 10.0 Å². The van der Waals surface area contributed by atoms with Gasteiger partial charge in [0.2, 0.25) is 10.0 Å². The summed E-state index contributed by atoms with van der Waals surface area (Å²) in [7, 11) is -0.321. The van der Waals surface area contributed by atoms with E-state index >= 15 is 0 Å². The van der Waals surface area contributed by atoms with Gasteiger partial charge in [0, 0.05) is 32.1 Å². The van der Waals surface area contributed by atoms with Crippen LogP contribution < -0.4 is 5.32 Å². The summed E-state index contributed by atoms with van der Waals surface area (Å²) >= 11 is 5.09. The van der Waals surface area contributed by atoms with E-state index in [0.29, 0.717) is 18.0 Å². The Balaban J connectivity index is 2.10. The zero-order valence-corrected chi connectivity index (χ0v) is 15.1. The molecule has 0 unspecified atom stereocenters. The van der Waals surface area contributed by atoms with E-state index in [1.54, 1.807) is 37.6 Å². The molecule has 0 atom stereocenters. The van der Waals surface area contributed by atoms with Crippen LogP contribution in [0.5, 0.6) is 0 Å². The quantitative estimate of drug-likeness (QED) is 0.826. The molecule has 1 N–H and O–H groups in total. The SMILES string of the molecule is CN(C)S(=O)(=O)c1ccccc1CNCc1ccc(Br)s1. The Bertz CT molecular complexity index is 711. The van der Waals surface area contributed by atoms with Gasteiger partial charge < -0.3 is 5.32 Å². The number of hydrogen-bond donors (Lipinski definition) is 1. The Morgan fingerprint density at radius 3 is 2.48 bits per heavy atom. The van der Waals surface area contributed by atoms with Crippen LogP contribution in [0.1, 0.15) is 10.4 Å². The molecule has 0 bridgehead atoms. The fourth-order valence-electron chi connectivity index (χ4n) is 1.87. The molecule has 1 aromatic carbocycles. The lowest BCUT2D eigenvalue weighted by atomic mass is 10.2. The van der Waals surface area contributed by atoms with Gasteiger partial charge in [0.05, 0.1) is 8.68 Å². The molecular formula is C14H17BrN2O2S2. The van der Waals surface area contributed by atoms with Crippen molar-refractivity contribution in [3.63, 3.8) is 0 Å². The third-order valence-corrected chi connectivity index (χ3v) is 6.51. The molecule has 0 radical (unpaired) electrons. The predicted octanol–water partition coefficient (Wildman–Crippen LogP) is 3.05. The number of sulfonamides is 1. The Morgan fingerprint density at radius 2 is 1.86 bits per heavy atom. The first-order chi connectivity index (χ1) is 9.91. The minimum absolute atomic E-state index is 0.356. The van der Waals surface area contributed by atoms with Crippen molar-refractivity contribution in [3.8, 4) is 0 Å². The molecule has 0 saturated heterocycles. The summed E-state index contributed by atoms with van der Waals surface area (Å²) < 4.78 is 26.9. The molecule has 0 aliphatic carbocycles. The number of rotatable bonds is 6. The molecule has 0 aliphatic rings. The Kier molecular flexibility index (Phi) is 5.56. The summed E-state index contributed by atoms with van der Waals surface area (Å²) in [5.74, 6) is 0. The van der Waals surface area contributed by atoms with Crippen molar-refractivity contribution in [2.45, 2.75) is 18.0 Å². The molecule has 7 heteroatoms. The predicted molar refractivity (Wildman–Crippen MR) is 89.9 cm³/mol. The molecule has 2 aromatic rings. The summed E-state index contributed by atoms with van der Waals surface area (Å²) in [6, 6.07) is 11.1. The van der Waals surface area contributed by atoms with E-state index in [4.69, 9.17) is 0 Å². The van der Waals surface area contributed by atoms with E-state index in [0.717, 1.165) is 9.35 Å². The second-order valence-corrected chi connectivity index (χ2v) is 9.37. The van der Waals surface area contributed by atoms with Gasteiger partial charge in [-0.2, -0.15) is 0 Å². The van der Waals surface area contributed by atoms with Gasteiger partial charge in [-0.05, 0) is 39.7 Å². The average Bonchev–Trinajstić information content (AvgIpc) is 2.85. The van der Waals surface area contributed by atoms with Crippen LogP contribution in [0.4, 0.5) is 0 Å². The van der Waals surface area contributed by atoms with Gasteiger partial charge in [0.25, 0.3) is 0 Å². The van der Waals surface area contributed by atoms with Crippen LogP contribution in [0.15, 0.2) is 45.1 Å². The fourth-order valence-corrected chi connectivity index (χ4v) is 4.43. The number of thiophene rings is 1. The minimum Gasteiger partial charge on any atom is -0.308 e. The molecule has 0 spiro atoms. The maximum Gasteiger partial charge on any atom is 0.242 e. The number of nitrogens with one attached hydrogen (secondary N) is 1. The summed E-state index contributed by atoms with van der Waals surface area (Å²) in [6.45, 7) is 1.23. The van der Waals surface area contributed by atoms with Gasteiger partial charge in [0.15, 0.2) is 0 Å². The highest BCUT2D eigenvalue weighted by atomic mass is 79.9. The van der Waals surface area contributed by atoms with Crippen molar-refractivity contribution in [1.82, 2.24) is 9.62 Å². The van der Waals surface area contributed by atoms with Gasteiger partial charge in [-0.25, -0.2) is 12.7 Å². The normalized spacial score (nSPS) is 12.0. The van der Waals surface area contributed by atoms with Gasteiger partial charge in [-0.3, -0.25) is 0 Å². The van der Waals surface area contributed by atoms with Crippen molar-refractivity contribution in [2.75, 3.05) is 14.1 Å². The van der Waals surface area contributed by atoms with Crippen LogP contribution in [-0.2, 0) is 23.1 Å². The van der Waals surface area contributed by atoms with Gasteiger partial charge in [-0.1, -0.05) is 18.2 Å². The smallest absolute Gasteiger partial charge is 0.242 e. The molecule has 1 heterocycles. The first-order valence-corrected chi connectivity index (χ1v) is 9.41. The van der Waals surface area contributed by atoms with Crippen molar-refractivity contribution in [1.29, 1.82) is 0 Å². The maximum atomic E-state index is 12.3. The van der Waals surface area contributed by atoms with Crippen molar-refractivity contribution in [2.24, 2.45) is 0 Å². The van der Waals surface area contributed by atoms with E-state index in [-0.39, 0.29) is 0 Å². The summed E-state index contributed by atoms with van der Waals surface area (Å²) in [4.78, 5) is 1.56. The molecular weight excluding hydrogens is 372 g/mol. The fraction of sp³-hybridized carbons (Fsp3) is 0.286. The molecule has 0 aliphatic heterocycles. The lowest BCUT2D eigenvalue weighted by Gasteiger charge is -2.15. The van der Waals surface area contributed by atoms with Crippen LogP contribution in [0.3, 0.4) is 0 Å². The molecule has 0 amide bonds. The van der Waals surface area contributed by atoms with Crippen LogP contribution >= 0.6 is 27.3 Å². The first-order valence-electron chi connectivity index (χ1n) is 6.36. The molecule has 1 aromatic heterocycles. The van der Waals surface area contributed by atoms with E-state index in [1.807, 2.05) is 24.3 Å². The second-order valence-electron chi connectivity index (χ2n) is 4.70. The van der Waals surface area contributed by atoms with Crippen LogP contribution in [0.25, 0.3) is 0 Å². The highest BCUT2D eigenvalue weighted by molar-refractivity contribution is 9.11. The molecule has 0 saturated carbocycles. The highest BCUT2D eigenvalue weighted by Gasteiger charge is 2.20. The molecule has 114 valence electrons. The Morgan fingerprint density at radius 1 is 1.14 bits per heavy atom. The number of nitrogens with zero attached hydrogens (tertiary/aromatic N) is 1. The standard InChI is InChI=1S/C14H17BrN2O2S2/c1-17(2)21(18,19)13-6-4-3-5-11(13)9-16-10-12-7-8-14(15)20-12/h3-8,16H,9-10H2,1-2H3. The number of benzene rings is 1. The van der Waals surface area contributed by atoms with Crippen molar-refractivity contribution < 1.29 is 8.42 Å². The Hall–Kier alpha value is -0.730. The average molecular weight is 389 g/mol. The lowest BCUT2D eigenvalue weighted by Crippen LogP contribution is -2.24.